The number of hydrogen-bond acceptors (Lipinski definition) is 3. The molecule has 0 unspecified atom stereocenters. The molecule has 22 heavy (non-hydrogen) atoms. The van der Waals surface area contributed by atoms with Gasteiger partial charge >= 0.3 is 0 Å². The van der Waals surface area contributed by atoms with Crippen molar-refractivity contribution < 1.29 is 9.35 Å². The van der Waals surface area contributed by atoms with E-state index in [2.05, 4.69) is 18.2 Å². The quantitative estimate of drug-likeness (QED) is 0.414. The molecular weight excluding hydrogens is 310 g/mol. The van der Waals surface area contributed by atoms with E-state index in [1.165, 1.54) is 10.6 Å². The van der Waals surface area contributed by atoms with Crippen LogP contribution in [0.3, 0.4) is 0 Å². The number of non-ortho nitro benzene ring substituents is 1. The van der Waals surface area contributed by atoms with Crippen LogP contribution in [0.1, 0.15) is 0 Å². The fourth-order valence-electron chi connectivity index (χ4n) is 2.70. The van der Waals surface area contributed by atoms with E-state index in [-0.39, 0.29) is 10.6 Å². The van der Waals surface area contributed by atoms with Gasteiger partial charge in [-0.2, -0.15) is 0 Å². The summed E-state index contributed by atoms with van der Waals surface area (Å²) in [5, 5.41) is 14.5. The maximum atomic E-state index is 10.8. The Morgan fingerprint density at radius 3 is 2.55 bits per heavy atom. The summed E-state index contributed by atoms with van der Waals surface area (Å²) in [6.45, 7) is 0. The molecule has 0 saturated heterocycles. The molecule has 4 rings (SSSR count). The summed E-state index contributed by atoms with van der Waals surface area (Å²) < 4.78 is 5.66. The Bertz CT molecular complexity index is 894. The predicted octanol–water partition coefficient (Wildman–Crippen LogP) is 2.67. The molecule has 1 aliphatic rings. The van der Waals surface area contributed by atoms with E-state index in [4.69, 9.17) is 4.43 Å². The van der Waals surface area contributed by atoms with Gasteiger partial charge < -0.3 is 4.43 Å². The Morgan fingerprint density at radius 2 is 1.77 bits per heavy atom. The first-order valence-electron chi connectivity index (χ1n) is 6.72. The van der Waals surface area contributed by atoms with Crippen LogP contribution in [0.25, 0.3) is 21.9 Å². The van der Waals surface area contributed by atoms with Crippen LogP contribution in [-0.2, 0) is 0 Å². The van der Waals surface area contributed by atoms with Crippen molar-refractivity contribution in [2.45, 2.75) is 0 Å². The van der Waals surface area contributed by atoms with E-state index < -0.39 is 0 Å². The molecule has 0 atom stereocenters. The minimum Gasteiger partial charge on any atom is -0.545 e. The molecule has 0 amide bonds. The largest absolute Gasteiger partial charge is 0.545 e. The van der Waals surface area contributed by atoms with E-state index >= 15 is 0 Å². The molecule has 0 saturated carbocycles. The van der Waals surface area contributed by atoms with Crippen molar-refractivity contribution in [2.24, 2.45) is 0 Å². The zero-order valence-electron chi connectivity index (χ0n) is 11.4. The zero-order valence-corrected chi connectivity index (χ0v) is 13.4. The lowest BCUT2D eigenvalue weighted by molar-refractivity contribution is -0.384. The number of rotatable bonds is 2. The highest BCUT2D eigenvalue weighted by molar-refractivity contribution is 7.07. The average molecular weight is 319 g/mol. The van der Waals surface area contributed by atoms with E-state index in [9.17, 15) is 10.1 Å². The molecule has 0 fully saturated rings. The van der Waals surface area contributed by atoms with Crippen LogP contribution in [-0.4, -0.2) is 23.2 Å². The normalized spacial score (nSPS) is 12.9. The SMILES string of the molecule is O=[N+]([O-])c1ccc(-c2cccc3c4c(ccc23)O[Si][Si]4)cc1. The predicted molar refractivity (Wildman–Crippen MR) is 87.8 cm³/mol. The van der Waals surface area contributed by atoms with Crippen molar-refractivity contribution in [2.75, 3.05) is 0 Å². The number of fused-ring (bicyclic) bond motifs is 3. The van der Waals surface area contributed by atoms with E-state index in [0.717, 1.165) is 22.3 Å². The van der Waals surface area contributed by atoms with Crippen molar-refractivity contribution in [3.63, 3.8) is 0 Å². The highest BCUT2D eigenvalue weighted by atomic mass is 29.2. The third-order valence-corrected chi connectivity index (χ3v) is 6.30. The molecule has 3 aromatic rings. The van der Waals surface area contributed by atoms with Gasteiger partial charge in [-0.25, -0.2) is 0 Å². The lowest BCUT2D eigenvalue weighted by Crippen LogP contribution is -2.13. The van der Waals surface area contributed by atoms with Crippen molar-refractivity contribution >= 4 is 40.0 Å². The van der Waals surface area contributed by atoms with Crippen LogP contribution in [0.5, 0.6) is 5.75 Å². The van der Waals surface area contributed by atoms with Crippen molar-refractivity contribution in [1.29, 1.82) is 0 Å². The van der Waals surface area contributed by atoms with E-state index in [1.54, 1.807) is 24.3 Å². The Hall–Kier alpha value is -2.45. The van der Waals surface area contributed by atoms with Gasteiger partial charge in [-0.1, -0.05) is 24.3 Å². The van der Waals surface area contributed by atoms with Gasteiger partial charge in [0.25, 0.3) is 15.0 Å². The van der Waals surface area contributed by atoms with Crippen LogP contribution >= 0.6 is 0 Å². The van der Waals surface area contributed by atoms with Gasteiger partial charge in [0, 0.05) is 12.1 Å². The van der Waals surface area contributed by atoms with Crippen LogP contribution in [0, 0.1) is 10.1 Å². The van der Waals surface area contributed by atoms with Crippen LogP contribution in [0.2, 0.25) is 0 Å². The zero-order chi connectivity index (χ0) is 15.1. The standard InChI is InChI=1S/C16H9NO3Si2/c18-17(19)11-6-4-10(5-7-11)12-2-1-3-14-13(12)8-9-15-16(14)21-22-20-15/h1-9H. The summed E-state index contributed by atoms with van der Waals surface area (Å²) in [6, 6.07) is 17.0. The number of hydrogen-bond donors (Lipinski definition) is 0. The Morgan fingerprint density at radius 1 is 0.955 bits per heavy atom. The first-order chi connectivity index (χ1) is 10.7. The van der Waals surface area contributed by atoms with Crippen molar-refractivity contribution in [3.8, 4) is 16.9 Å². The number of nitrogens with zero attached hydrogens (tertiary/aromatic N) is 1. The number of nitro benzene ring substituents is 1. The van der Waals surface area contributed by atoms with Gasteiger partial charge in [-0.15, -0.1) is 0 Å². The maximum Gasteiger partial charge on any atom is 0.289 e. The lowest BCUT2D eigenvalue weighted by atomic mass is 9.98. The summed E-state index contributed by atoms with van der Waals surface area (Å²) >= 11 is 0. The summed E-state index contributed by atoms with van der Waals surface area (Å²) in [6.07, 6.45) is 0. The monoisotopic (exact) mass is 319 g/mol. The van der Waals surface area contributed by atoms with Gasteiger partial charge in [0.1, 0.15) is 14.8 Å². The number of benzene rings is 3. The number of nitro groups is 1. The first kappa shape index (κ1) is 13.2. The fraction of sp³-hybridized carbons (Fsp3) is 0. The molecule has 0 aliphatic carbocycles. The molecule has 0 aromatic heterocycles. The second-order valence-corrected chi connectivity index (χ2v) is 7.49. The smallest absolute Gasteiger partial charge is 0.289 e. The van der Waals surface area contributed by atoms with Gasteiger partial charge in [0.15, 0.2) is 0 Å². The molecule has 3 aromatic carbocycles. The molecule has 0 bridgehead atoms. The minimum absolute atomic E-state index is 0.112. The molecule has 1 aliphatic heterocycles. The molecule has 104 valence electrons. The van der Waals surface area contributed by atoms with Crippen LogP contribution < -0.4 is 9.61 Å². The van der Waals surface area contributed by atoms with E-state index in [0.29, 0.717) is 18.3 Å². The summed E-state index contributed by atoms with van der Waals surface area (Å²) in [5.74, 6) is 0.991. The van der Waals surface area contributed by atoms with Gasteiger partial charge in [-0.3, -0.25) is 10.1 Å². The molecule has 4 radical (unpaired) electrons. The molecule has 0 spiro atoms. The third-order valence-electron chi connectivity index (χ3n) is 3.75. The Kier molecular flexibility index (Phi) is 3.05. The fourth-order valence-corrected chi connectivity index (χ4v) is 5.41. The van der Waals surface area contributed by atoms with Crippen LogP contribution in [0.4, 0.5) is 5.69 Å². The Labute approximate surface area is 131 Å². The van der Waals surface area contributed by atoms with Crippen molar-refractivity contribution in [1.82, 2.24) is 0 Å². The van der Waals surface area contributed by atoms with Gasteiger partial charge in [0.05, 0.1) is 4.92 Å². The third kappa shape index (κ3) is 2.04. The second kappa shape index (κ2) is 5.08. The first-order valence-corrected chi connectivity index (χ1v) is 9.63. The average Bonchev–Trinajstić information content (AvgIpc) is 3.03. The topological polar surface area (TPSA) is 52.4 Å². The summed E-state index contributed by atoms with van der Waals surface area (Å²) in [5.41, 5.74) is 2.19. The lowest BCUT2D eigenvalue weighted by Gasteiger charge is -2.10. The summed E-state index contributed by atoms with van der Waals surface area (Å²) in [7, 11) is 1.22. The van der Waals surface area contributed by atoms with Gasteiger partial charge in [0.2, 0.25) is 0 Å². The van der Waals surface area contributed by atoms with Crippen LogP contribution in [0.15, 0.2) is 54.6 Å². The Balaban J connectivity index is 1.90. The molecule has 1 heterocycles. The molecular formula is C16H9NO3Si2. The second-order valence-electron chi connectivity index (χ2n) is 4.97. The van der Waals surface area contributed by atoms with Gasteiger partial charge in [-0.05, 0) is 45.3 Å². The molecule has 0 N–H and O–H groups in total. The highest BCUT2D eigenvalue weighted by Crippen LogP contribution is 2.31. The highest BCUT2D eigenvalue weighted by Gasteiger charge is 2.18. The van der Waals surface area contributed by atoms with Crippen molar-refractivity contribution in [3.05, 3.63) is 64.7 Å². The summed E-state index contributed by atoms with van der Waals surface area (Å²) in [4.78, 5) is 10.4. The minimum atomic E-state index is -0.376. The van der Waals surface area contributed by atoms with E-state index in [1.807, 2.05) is 12.1 Å². The molecule has 4 nitrogen and oxygen atoms in total. The maximum absolute atomic E-state index is 10.8. The molecule has 6 heteroatoms.